The van der Waals surface area contributed by atoms with Crippen LogP contribution < -0.4 is 15.4 Å². The summed E-state index contributed by atoms with van der Waals surface area (Å²) in [6.45, 7) is -2.19. The maximum atomic E-state index is 13.7. The Balaban J connectivity index is 1.47. The first-order valence-electron chi connectivity index (χ1n) is 8.98. The van der Waals surface area contributed by atoms with Crippen LogP contribution in [0.2, 0.25) is 0 Å². The van der Waals surface area contributed by atoms with Crippen LogP contribution in [-0.4, -0.2) is 62.6 Å². The SMILES string of the molecule is O=C(Nc1ccc(OC(F)F)c(F)c1)N1CCC(N[C@H]2CCS(=O)(=O)C2)CC1. The topological polar surface area (TPSA) is 87.7 Å². The minimum atomic E-state index is -3.13. The minimum Gasteiger partial charge on any atom is -0.432 e. The van der Waals surface area contributed by atoms with Crippen LogP contribution in [-0.2, 0) is 9.84 Å². The summed E-state index contributed by atoms with van der Waals surface area (Å²) in [5.41, 5.74) is 0.139. The number of carbonyl (C=O) groups is 1. The van der Waals surface area contributed by atoms with Gasteiger partial charge in [0.1, 0.15) is 0 Å². The van der Waals surface area contributed by atoms with Crippen molar-refractivity contribution in [2.75, 3.05) is 29.9 Å². The zero-order valence-corrected chi connectivity index (χ0v) is 15.9. The first kappa shape index (κ1) is 20.7. The van der Waals surface area contributed by atoms with E-state index in [1.807, 2.05) is 0 Å². The number of ether oxygens (including phenoxy) is 1. The van der Waals surface area contributed by atoms with Gasteiger partial charge in [0.05, 0.1) is 11.5 Å². The Morgan fingerprint density at radius 1 is 1.18 bits per heavy atom. The summed E-state index contributed by atoms with van der Waals surface area (Å²) in [5, 5.41) is 5.89. The number of rotatable bonds is 5. The van der Waals surface area contributed by atoms with Gasteiger partial charge in [0.2, 0.25) is 0 Å². The number of hydrogen-bond acceptors (Lipinski definition) is 5. The van der Waals surface area contributed by atoms with Gasteiger partial charge in [-0.25, -0.2) is 17.6 Å². The number of piperidine rings is 1. The van der Waals surface area contributed by atoms with E-state index in [1.54, 1.807) is 4.90 Å². The molecule has 2 aliphatic rings. The van der Waals surface area contributed by atoms with Gasteiger partial charge >= 0.3 is 12.6 Å². The highest BCUT2D eigenvalue weighted by atomic mass is 32.2. The second kappa shape index (κ2) is 8.56. The third-order valence-electron chi connectivity index (χ3n) is 4.89. The highest BCUT2D eigenvalue weighted by Crippen LogP contribution is 2.23. The summed E-state index contributed by atoms with van der Waals surface area (Å²) in [4.78, 5) is 13.9. The number of urea groups is 1. The molecule has 0 saturated carbocycles. The summed E-state index contributed by atoms with van der Waals surface area (Å²) in [6.07, 6.45) is 1.97. The number of likely N-dealkylation sites (tertiary alicyclic amines) is 1. The molecular formula is C17H22F3N3O4S. The molecule has 2 heterocycles. The lowest BCUT2D eigenvalue weighted by Gasteiger charge is -2.33. The van der Waals surface area contributed by atoms with Gasteiger partial charge in [-0.15, -0.1) is 0 Å². The fraction of sp³-hybridized carbons (Fsp3) is 0.588. The second-order valence-corrected chi connectivity index (χ2v) is 9.21. The van der Waals surface area contributed by atoms with Crippen molar-refractivity contribution in [2.45, 2.75) is 38.0 Å². The number of anilines is 1. The van der Waals surface area contributed by atoms with Crippen LogP contribution >= 0.6 is 0 Å². The average molecular weight is 421 g/mol. The lowest BCUT2D eigenvalue weighted by Crippen LogP contribution is -2.49. The van der Waals surface area contributed by atoms with Crippen LogP contribution in [0.15, 0.2) is 18.2 Å². The zero-order chi connectivity index (χ0) is 20.3. The Morgan fingerprint density at radius 2 is 1.89 bits per heavy atom. The second-order valence-electron chi connectivity index (χ2n) is 6.98. The van der Waals surface area contributed by atoms with Crippen molar-refractivity contribution >= 4 is 21.6 Å². The molecule has 0 spiro atoms. The van der Waals surface area contributed by atoms with Crippen LogP contribution in [0.5, 0.6) is 5.75 Å². The highest BCUT2D eigenvalue weighted by molar-refractivity contribution is 7.91. The number of halogens is 3. The number of hydrogen-bond donors (Lipinski definition) is 2. The molecule has 156 valence electrons. The van der Waals surface area contributed by atoms with E-state index in [4.69, 9.17) is 0 Å². The van der Waals surface area contributed by atoms with E-state index < -0.39 is 34.0 Å². The monoisotopic (exact) mass is 421 g/mol. The van der Waals surface area contributed by atoms with Crippen molar-refractivity contribution in [1.82, 2.24) is 10.2 Å². The minimum absolute atomic E-state index is 0.0349. The Morgan fingerprint density at radius 3 is 2.46 bits per heavy atom. The summed E-state index contributed by atoms with van der Waals surface area (Å²) in [5.74, 6) is -1.21. The van der Waals surface area contributed by atoms with Crippen molar-refractivity contribution in [3.63, 3.8) is 0 Å². The maximum absolute atomic E-state index is 13.7. The molecule has 2 N–H and O–H groups in total. The number of sulfone groups is 1. The van der Waals surface area contributed by atoms with E-state index >= 15 is 0 Å². The third kappa shape index (κ3) is 5.51. The summed E-state index contributed by atoms with van der Waals surface area (Å²) < 4.78 is 65.1. The standard InChI is InChI=1S/C17H22F3N3O4S/c18-14-9-12(1-2-15(14)27-16(19)20)22-17(24)23-6-3-11(4-7-23)21-13-5-8-28(25,26)10-13/h1-2,9,11,13,16,21H,3-8,10H2,(H,22,24)/t13-/m0/s1. The molecule has 2 aliphatic heterocycles. The molecule has 0 aliphatic carbocycles. The lowest BCUT2D eigenvalue weighted by atomic mass is 10.0. The van der Waals surface area contributed by atoms with Crippen LogP contribution in [0.1, 0.15) is 19.3 Å². The van der Waals surface area contributed by atoms with Crippen molar-refractivity contribution in [3.8, 4) is 5.75 Å². The Bertz CT molecular complexity index is 814. The molecule has 0 radical (unpaired) electrons. The highest BCUT2D eigenvalue weighted by Gasteiger charge is 2.31. The van der Waals surface area contributed by atoms with Gasteiger partial charge < -0.3 is 20.3 Å². The van der Waals surface area contributed by atoms with E-state index in [1.165, 1.54) is 6.07 Å². The molecule has 1 aromatic rings. The van der Waals surface area contributed by atoms with E-state index in [9.17, 15) is 26.4 Å². The number of nitrogens with one attached hydrogen (secondary N) is 2. The number of benzene rings is 1. The zero-order valence-electron chi connectivity index (χ0n) is 15.0. The number of nitrogens with zero attached hydrogens (tertiary/aromatic N) is 1. The fourth-order valence-electron chi connectivity index (χ4n) is 3.48. The van der Waals surface area contributed by atoms with Crippen LogP contribution in [0.25, 0.3) is 0 Å². The summed E-state index contributed by atoms with van der Waals surface area (Å²) in [6, 6.07) is 2.93. The molecule has 0 bridgehead atoms. The molecule has 2 amide bonds. The first-order chi connectivity index (χ1) is 13.2. The van der Waals surface area contributed by atoms with Crippen molar-refractivity contribution in [3.05, 3.63) is 24.0 Å². The Kier molecular flexibility index (Phi) is 6.33. The third-order valence-corrected chi connectivity index (χ3v) is 6.65. The summed E-state index contributed by atoms with van der Waals surface area (Å²) in [7, 11) is -2.94. The number of amides is 2. The molecule has 2 fully saturated rings. The molecule has 7 nitrogen and oxygen atoms in total. The Hall–Kier alpha value is -2.01. The molecule has 28 heavy (non-hydrogen) atoms. The van der Waals surface area contributed by atoms with E-state index in [2.05, 4.69) is 15.4 Å². The maximum Gasteiger partial charge on any atom is 0.387 e. The molecule has 1 aromatic carbocycles. The molecular weight excluding hydrogens is 399 g/mol. The van der Waals surface area contributed by atoms with E-state index in [0.29, 0.717) is 32.4 Å². The predicted octanol–water partition coefficient (Wildman–Crippen LogP) is 2.20. The smallest absolute Gasteiger partial charge is 0.387 e. The molecule has 0 unspecified atom stereocenters. The van der Waals surface area contributed by atoms with Gasteiger partial charge in [0.25, 0.3) is 0 Å². The largest absolute Gasteiger partial charge is 0.432 e. The quantitative estimate of drug-likeness (QED) is 0.761. The van der Waals surface area contributed by atoms with Crippen LogP contribution in [0.4, 0.5) is 23.7 Å². The molecule has 1 atom stereocenters. The van der Waals surface area contributed by atoms with Gasteiger partial charge in [-0.05, 0) is 31.4 Å². The van der Waals surface area contributed by atoms with Crippen molar-refractivity contribution < 1.29 is 31.1 Å². The van der Waals surface area contributed by atoms with Gasteiger partial charge in [0.15, 0.2) is 21.4 Å². The van der Waals surface area contributed by atoms with Gasteiger partial charge in [-0.3, -0.25) is 0 Å². The van der Waals surface area contributed by atoms with Crippen LogP contribution in [0.3, 0.4) is 0 Å². The van der Waals surface area contributed by atoms with Crippen LogP contribution in [0, 0.1) is 5.82 Å². The van der Waals surface area contributed by atoms with Crippen molar-refractivity contribution in [2.24, 2.45) is 0 Å². The number of alkyl halides is 2. The molecule has 0 aromatic heterocycles. The van der Waals surface area contributed by atoms with Gasteiger partial charge in [0, 0.05) is 36.9 Å². The fourth-order valence-corrected chi connectivity index (χ4v) is 5.17. The van der Waals surface area contributed by atoms with Gasteiger partial charge in [-0.2, -0.15) is 8.78 Å². The normalized spacial score (nSPS) is 22.4. The lowest BCUT2D eigenvalue weighted by molar-refractivity contribution is -0.0521. The summed E-state index contributed by atoms with van der Waals surface area (Å²) >= 11 is 0. The molecule has 11 heteroatoms. The first-order valence-corrected chi connectivity index (χ1v) is 10.8. The Labute approximate surface area is 161 Å². The molecule has 3 rings (SSSR count). The molecule has 2 saturated heterocycles. The van der Waals surface area contributed by atoms with E-state index in [0.717, 1.165) is 12.1 Å². The average Bonchev–Trinajstić information content (AvgIpc) is 2.96. The van der Waals surface area contributed by atoms with E-state index in [-0.39, 0.29) is 29.3 Å². The van der Waals surface area contributed by atoms with Gasteiger partial charge in [-0.1, -0.05) is 0 Å². The van der Waals surface area contributed by atoms with Crippen molar-refractivity contribution in [1.29, 1.82) is 0 Å². The number of carbonyl (C=O) groups excluding carboxylic acids is 1. The predicted molar refractivity (Wildman–Crippen MR) is 96.8 cm³/mol.